The summed E-state index contributed by atoms with van der Waals surface area (Å²) >= 11 is 0. The second-order valence-electron chi connectivity index (χ2n) is 5.82. The lowest BCUT2D eigenvalue weighted by Gasteiger charge is -2.35. The van der Waals surface area contributed by atoms with Gasteiger partial charge in [0.1, 0.15) is 12.1 Å². The summed E-state index contributed by atoms with van der Waals surface area (Å²) in [6.45, 7) is 5.37. The Morgan fingerprint density at radius 2 is 2.09 bits per heavy atom. The summed E-state index contributed by atoms with van der Waals surface area (Å²) in [5, 5.41) is 9.43. The third kappa shape index (κ3) is 3.75. The second kappa shape index (κ2) is 6.89. The van der Waals surface area contributed by atoms with Gasteiger partial charge in [0.25, 0.3) is 5.91 Å². The smallest absolute Gasteiger partial charge is 0.255 e. The summed E-state index contributed by atoms with van der Waals surface area (Å²) in [6, 6.07) is 3.62. The molecule has 0 radical (unpaired) electrons. The molecule has 7 heteroatoms. The third-order valence-electron chi connectivity index (χ3n) is 3.95. The minimum atomic E-state index is -0.336. The maximum absolute atomic E-state index is 12.5. The van der Waals surface area contributed by atoms with Crippen molar-refractivity contribution in [2.24, 2.45) is 0 Å². The third-order valence-corrected chi connectivity index (χ3v) is 3.95. The van der Waals surface area contributed by atoms with E-state index in [2.05, 4.69) is 14.9 Å². The lowest BCUT2D eigenvalue weighted by Crippen LogP contribution is -2.50. The molecule has 2 aromatic rings. The number of aromatic nitrogens is 3. The molecule has 1 N–H and O–H groups in total. The molecule has 0 saturated carbocycles. The second-order valence-corrected chi connectivity index (χ2v) is 5.82. The molecule has 1 saturated heterocycles. The molecular weight excluding hydrogens is 294 g/mol. The molecule has 1 atom stereocenters. The molecule has 1 fully saturated rings. The zero-order chi connectivity index (χ0) is 16.2. The number of imidazole rings is 1. The zero-order valence-corrected chi connectivity index (χ0v) is 13.2. The van der Waals surface area contributed by atoms with Gasteiger partial charge >= 0.3 is 0 Å². The fraction of sp³-hybridized carbons (Fsp3) is 0.438. The van der Waals surface area contributed by atoms with E-state index in [1.54, 1.807) is 36.3 Å². The van der Waals surface area contributed by atoms with Crippen LogP contribution in [0.15, 0.2) is 37.1 Å². The van der Waals surface area contributed by atoms with Gasteiger partial charge in [-0.15, -0.1) is 0 Å². The van der Waals surface area contributed by atoms with Crippen molar-refractivity contribution in [3.63, 3.8) is 0 Å². The molecule has 23 heavy (non-hydrogen) atoms. The minimum absolute atomic E-state index is 0.00591. The molecule has 1 aliphatic rings. The fourth-order valence-corrected chi connectivity index (χ4v) is 2.75. The number of pyridine rings is 1. The van der Waals surface area contributed by atoms with Gasteiger partial charge in [-0.2, -0.15) is 0 Å². The number of carbonyl (C=O) groups excluding carboxylic acids is 1. The van der Waals surface area contributed by atoms with Crippen molar-refractivity contribution in [3.8, 4) is 5.82 Å². The molecule has 1 amide bonds. The van der Waals surface area contributed by atoms with Crippen LogP contribution in [0.1, 0.15) is 17.3 Å². The first-order valence-electron chi connectivity index (χ1n) is 7.77. The van der Waals surface area contributed by atoms with Crippen LogP contribution < -0.4 is 0 Å². The van der Waals surface area contributed by atoms with Crippen molar-refractivity contribution >= 4 is 5.91 Å². The summed E-state index contributed by atoms with van der Waals surface area (Å²) in [7, 11) is 0. The number of hydrogen-bond donors (Lipinski definition) is 1. The highest BCUT2D eigenvalue weighted by Crippen LogP contribution is 2.11. The molecule has 1 unspecified atom stereocenters. The number of nitrogens with zero attached hydrogens (tertiary/aromatic N) is 5. The topological polar surface area (TPSA) is 74.5 Å². The number of β-amino-alcohol motifs (C(OH)–C–C–N with tert-alkyl or cyclic N) is 1. The van der Waals surface area contributed by atoms with Crippen LogP contribution in [0.2, 0.25) is 0 Å². The Kier molecular flexibility index (Phi) is 4.68. The molecule has 0 spiro atoms. The molecule has 1 aliphatic heterocycles. The Hall–Kier alpha value is -2.25. The first kappa shape index (κ1) is 15.6. The van der Waals surface area contributed by atoms with E-state index in [1.807, 2.05) is 17.2 Å². The monoisotopic (exact) mass is 315 g/mol. The molecule has 0 aromatic carbocycles. The highest BCUT2D eigenvalue weighted by molar-refractivity contribution is 5.94. The van der Waals surface area contributed by atoms with Crippen LogP contribution >= 0.6 is 0 Å². The van der Waals surface area contributed by atoms with Crippen molar-refractivity contribution in [1.29, 1.82) is 0 Å². The number of carbonyl (C=O) groups is 1. The van der Waals surface area contributed by atoms with Gasteiger partial charge in [0.05, 0.1) is 11.7 Å². The van der Waals surface area contributed by atoms with Gasteiger partial charge in [-0.25, -0.2) is 9.97 Å². The maximum atomic E-state index is 12.5. The standard InChI is InChI=1S/C16H21N5O2/c1-13(22)11-19-6-8-20(9-7-19)16(23)14-2-3-15(18-10-14)21-5-4-17-12-21/h2-5,10,12-13,22H,6-9,11H2,1H3. The first-order valence-corrected chi connectivity index (χ1v) is 7.77. The van der Waals surface area contributed by atoms with Crippen LogP contribution in [-0.4, -0.2) is 74.2 Å². The van der Waals surface area contributed by atoms with E-state index in [9.17, 15) is 9.90 Å². The van der Waals surface area contributed by atoms with Gasteiger partial charge in [-0.1, -0.05) is 0 Å². The highest BCUT2D eigenvalue weighted by atomic mass is 16.3. The van der Waals surface area contributed by atoms with Gasteiger partial charge in [0.15, 0.2) is 0 Å². The van der Waals surface area contributed by atoms with Crippen LogP contribution in [0.4, 0.5) is 0 Å². The van der Waals surface area contributed by atoms with Gasteiger partial charge in [-0.05, 0) is 19.1 Å². The SMILES string of the molecule is CC(O)CN1CCN(C(=O)c2ccc(-n3ccnc3)nc2)CC1. The summed E-state index contributed by atoms with van der Waals surface area (Å²) in [5.74, 6) is 0.743. The zero-order valence-electron chi connectivity index (χ0n) is 13.2. The van der Waals surface area contributed by atoms with E-state index in [-0.39, 0.29) is 12.0 Å². The molecular formula is C16H21N5O2. The normalized spacial score (nSPS) is 17.2. The lowest BCUT2D eigenvalue weighted by molar-refractivity contribution is 0.0554. The number of aliphatic hydroxyl groups is 1. The Balaban J connectivity index is 1.60. The molecule has 7 nitrogen and oxygen atoms in total. The van der Waals surface area contributed by atoms with Crippen LogP contribution in [0.3, 0.4) is 0 Å². The summed E-state index contributed by atoms with van der Waals surface area (Å²) in [6.07, 6.45) is 6.45. The number of amides is 1. The Morgan fingerprint density at radius 1 is 1.30 bits per heavy atom. The van der Waals surface area contributed by atoms with Gasteiger partial charge in [0, 0.05) is 51.3 Å². The summed E-state index contributed by atoms with van der Waals surface area (Å²) in [5.41, 5.74) is 0.595. The quantitative estimate of drug-likeness (QED) is 0.884. The molecule has 2 aromatic heterocycles. The van der Waals surface area contributed by atoms with Crippen molar-refractivity contribution in [3.05, 3.63) is 42.6 Å². The average molecular weight is 315 g/mol. The fourth-order valence-electron chi connectivity index (χ4n) is 2.75. The molecule has 122 valence electrons. The predicted molar refractivity (Wildman–Crippen MR) is 85.4 cm³/mol. The largest absolute Gasteiger partial charge is 0.392 e. The number of piperazine rings is 1. The molecule has 0 aliphatic carbocycles. The van der Waals surface area contributed by atoms with Crippen LogP contribution in [0.25, 0.3) is 5.82 Å². The van der Waals surface area contributed by atoms with Gasteiger partial charge in [-0.3, -0.25) is 14.3 Å². The number of hydrogen-bond acceptors (Lipinski definition) is 5. The van der Waals surface area contributed by atoms with Crippen molar-refractivity contribution in [1.82, 2.24) is 24.3 Å². The van der Waals surface area contributed by atoms with Crippen LogP contribution in [0.5, 0.6) is 0 Å². The highest BCUT2D eigenvalue weighted by Gasteiger charge is 2.22. The van der Waals surface area contributed by atoms with Crippen molar-refractivity contribution in [2.45, 2.75) is 13.0 Å². The van der Waals surface area contributed by atoms with E-state index in [0.29, 0.717) is 25.2 Å². The predicted octanol–water partition coefficient (Wildman–Crippen LogP) is 0.406. The van der Waals surface area contributed by atoms with Crippen molar-refractivity contribution in [2.75, 3.05) is 32.7 Å². The Bertz CT molecular complexity index is 631. The molecule has 0 bridgehead atoms. The van der Waals surface area contributed by atoms with Gasteiger partial charge < -0.3 is 10.0 Å². The lowest BCUT2D eigenvalue weighted by atomic mass is 10.2. The number of rotatable bonds is 4. The summed E-state index contributed by atoms with van der Waals surface area (Å²) in [4.78, 5) is 24.8. The number of aliphatic hydroxyl groups excluding tert-OH is 1. The Labute approximate surface area is 135 Å². The first-order chi connectivity index (χ1) is 11.1. The van der Waals surface area contributed by atoms with Crippen LogP contribution in [-0.2, 0) is 0 Å². The maximum Gasteiger partial charge on any atom is 0.255 e. The van der Waals surface area contributed by atoms with E-state index < -0.39 is 0 Å². The van der Waals surface area contributed by atoms with Crippen molar-refractivity contribution < 1.29 is 9.90 Å². The van der Waals surface area contributed by atoms with E-state index >= 15 is 0 Å². The average Bonchev–Trinajstić information content (AvgIpc) is 3.09. The van der Waals surface area contributed by atoms with Gasteiger partial charge in [0.2, 0.25) is 0 Å². The molecule has 3 heterocycles. The summed E-state index contributed by atoms with van der Waals surface area (Å²) < 4.78 is 1.79. The van der Waals surface area contributed by atoms with E-state index in [1.165, 1.54) is 0 Å². The Morgan fingerprint density at radius 3 is 2.65 bits per heavy atom. The molecule has 3 rings (SSSR count). The minimum Gasteiger partial charge on any atom is -0.392 e. The van der Waals surface area contributed by atoms with E-state index in [4.69, 9.17) is 0 Å². The van der Waals surface area contributed by atoms with E-state index in [0.717, 1.165) is 18.9 Å². The van der Waals surface area contributed by atoms with Crippen LogP contribution in [0, 0.1) is 0 Å².